The van der Waals surface area contributed by atoms with Crippen LogP contribution < -0.4 is 10.2 Å². The first-order valence-electron chi connectivity index (χ1n) is 8.88. The molecule has 1 N–H and O–H groups in total. The Hall–Kier alpha value is -2.11. The van der Waals surface area contributed by atoms with Gasteiger partial charge in [-0.25, -0.2) is 4.99 Å². The van der Waals surface area contributed by atoms with Crippen molar-refractivity contribution in [3.05, 3.63) is 75.0 Å². The summed E-state index contributed by atoms with van der Waals surface area (Å²) in [6.45, 7) is 2.92. The number of rotatable bonds is 5. The number of fused-ring (bicyclic) bond motifs is 1. The zero-order valence-electron chi connectivity index (χ0n) is 15.3. The van der Waals surface area contributed by atoms with E-state index in [2.05, 4.69) is 28.2 Å². The number of carbonyl (C=O) groups excluding carboxylic acids is 1. The first-order chi connectivity index (χ1) is 13.0. The number of nitrogens with zero attached hydrogens (tertiary/aromatic N) is 2. The molecule has 0 unspecified atom stereocenters. The van der Waals surface area contributed by atoms with Gasteiger partial charge in [-0.2, -0.15) is 0 Å². The van der Waals surface area contributed by atoms with Crippen LogP contribution in [0.5, 0.6) is 0 Å². The van der Waals surface area contributed by atoms with E-state index in [1.54, 1.807) is 18.1 Å². The van der Waals surface area contributed by atoms with E-state index >= 15 is 0 Å². The van der Waals surface area contributed by atoms with E-state index in [-0.39, 0.29) is 5.91 Å². The number of hydrogen-bond acceptors (Lipinski definition) is 3. The van der Waals surface area contributed by atoms with E-state index in [9.17, 15) is 4.79 Å². The molecule has 140 valence electrons. The predicted molar refractivity (Wildman–Crippen MR) is 116 cm³/mol. The number of nitrogens with one attached hydrogen (secondary N) is 1. The van der Waals surface area contributed by atoms with Crippen LogP contribution in [-0.2, 0) is 4.79 Å². The first-order valence-corrected chi connectivity index (χ1v) is 10.0. The Labute approximate surface area is 173 Å². The molecule has 4 nitrogen and oxygen atoms in total. The smallest absolute Gasteiger partial charge is 0.278 e. The third-order valence-corrected chi connectivity index (χ3v) is 5.20. The standard InChI is InChI=1S/C21H21BrClN3O/c1-3-4-11-24-13-18-21(27)26(2)19-10-9-14(22)12-16(19)20(25-18)15-7-5-6-8-17(15)23/h5-10,12-13,24H,3-4,11H2,1-2H3. The SMILES string of the molecule is CCCCNC=C1N=C(c2ccccc2Cl)c2cc(Br)ccc2N(C)C1=O. The molecule has 1 aliphatic rings. The van der Waals surface area contributed by atoms with Crippen molar-refractivity contribution in [1.29, 1.82) is 0 Å². The van der Waals surface area contributed by atoms with Crippen LogP contribution in [0.2, 0.25) is 5.02 Å². The lowest BCUT2D eigenvalue weighted by Crippen LogP contribution is -2.27. The predicted octanol–water partition coefficient (Wildman–Crippen LogP) is 5.15. The van der Waals surface area contributed by atoms with Crippen LogP contribution in [0, 0.1) is 0 Å². The first kappa shape index (κ1) is 19.6. The van der Waals surface area contributed by atoms with Crippen molar-refractivity contribution in [2.45, 2.75) is 19.8 Å². The highest BCUT2D eigenvalue weighted by molar-refractivity contribution is 9.10. The summed E-state index contributed by atoms with van der Waals surface area (Å²) in [5, 5.41) is 3.80. The van der Waals surface area contributed by atoms with Gasteiger partial charge in [0, 0.05) is 40.4 Å². The van der Waals surface area contributed by atoms with Crippen molar-refractivity contribution >= 4 is 44.8 Å². The minimum absolute atomic E-state index is 0.162. The Morgan fingerprint density at radius 1 is 1.22 bits per heavy atom. The van der Waals surface area contributed by atoms with Crippen molar-refractivity contribution in [2.75, 3.05) is 18.5 Å². The molecule has 27 heavy (non-hydrogen) atoms. The molecule has 0 spiro atoms. The molecule has 3 rings (SSSR count). The average Bonchev–Trinajstić information content (AvgIpc) is 2.76. The molecular weight excluding hydrogens is 426 g/mol. The number of benzodiazepines with no additional fused rings is 1. The number of carbonyl (C=O) groups is 1. The third kappa shape index (κ3) is 4.25. The Morgan fingerprint density at radius 3 is 2.74 bits per heavy atom. The number of aliphatic imine (C=N–C) groups is 1. The van der Waals surface area contributed by atoms with Crippen molar-refractivity contribution in [3.63, 3.8) is 0 Å². The summed E-state index contributed by atoms with van der Waals surface area (Å²) in [4.78, 5) is 19.3. The molecule has 0 saturated heterocycles. The van der Waals surface area contributed by atoms with Crippen LogP contribution in [-0.4, -0.2) is 25.2 Å². The zero-order valence-corrected chi connectivity index (χ0v) is 17.6. The van der Waals surface area contributed by atoms with Crippen molar-refractivity contribution in [1.82, 2.24) is 5.32 Å². The highest BCUT2D eigenvalue weighted by atomic mass is 79.9. The van der Waals surface area contributed by atoms with Crippen LogP contribution in [0.1, 0.15) is 30.9 Å². The highest BCUT2D eigenvalue weighted by Gasteiger charge is 2.27. The van der Waals surface area contributed by atoms with Crippen molar-refractivity contribution in [3.8, 4) is 0 Å². The van der Waals surface area contributed by atoms with Gasteiger partial charge in [-0.05, 0) is 30.7 Å². The maximum atomic E-state index is 13.0. The summed E-state index contributed by atoms with van der Waals surface area (Å²) < 4.78 is 0.912. The number of likely N-dealkylation sites (N-methyl/N-ethyl adjacent to an activating group) is 1. The quantitative estimate of drug-likeness (QED) is 0.510. The minimum Gasteiger partial charge on any atom is -0.389 e. The van der Waals surface area contributed by atoms with Crippen molar-refractivity contribution < 1.29 is 4.79 Å². The van der Waals surface area contributed by atoms with Gasteiger partial charge in [-0.1, -0.05) is 59.1 Å². The second kappa shape index (κ2) is 8.72. The fourth-order valence-corrected chi connectivity index (χ4v) is 3.49. The zero-order chi connectivity index (χ0) is 19.4. The summed E-state index contributed by atoms with van der Waals surface area (Å²) in [5.74, 6) is -0.162. The maximum Gasteiger partial charge on any atom is 0.278 e. The van der Waals surface area contributed by atoms with E-state index in [1.165, 1.54) is 0 Å². The Bertz CT molecular complexity index is 923. The van der Waals surface area contributed by atoms with Gasteiger partial charge in [0.25, 0.3) is 5.91 Å². The molecule has 1 heterocycles. The fraction of sp³-hybridized carbons (Fsp3) is 0.238. The highest BCUT2D eigenvalue weighted by Crippen LogP contribution is 2.32. The molecule has 0 saturated carbocycles. The Balaban J connectivity index is 2.18. The van der Waals surface area contributed by atoms with Crippen LogP contribution >= 0.6 is 27.5 Å². The molecule has 0 aromatic heterocycles. The van der Waals surface area contributed by atoms with E-state index in [4.69, 9.17) is 16.6 Å². The summed E-state index contributed by atoms with van der Waals surface area (Å²) in [5.41, 5.74) is 3.47. The third-order valence-electron chi connectivity index (χ3n) is 4.37. The second-order valence-corrected chi connectivity index (χ2v) is 7.63. The van der Waals surface area contributed by atoms with E-state index in [0.717, 1.165) is 40.7 Å². The summed E-state index contributed by atoms with van der Waals surface area (Å²) in [6, 6.07) is 13.3. The molecule has 0 fully saturated rings. The summed E-state index contributed by atoms with van der Waals surface area (Å²) in [6.07, 6.45) is 3.81. The van der Waals surface area contributed by atoms with Gasteiger partial charge in [0.2, 0.25) is 0 Å². The van der Waals surface area contributed by atoms with E-state index < -0.39 is 0 Å². The van der Waals surface area contributed by atoms with Gasteiger partial charge in [-0.3, -0.25) is 4.79 Å². The fourth-order valence-electron chi connectivity index (χ4n) is 2.90. The molecule has 6 heteroatoms. The molecule has 1 amide bonds. The van der Waals surface area contributed by atoms with Gasteiger partial charge < -0.3 is 10.2 Å². The van der Waals surface area contributed by atoms with Crippen LogP contribution in [0.3, 0.4) is 0 Å². The van der Waals surface area contributed by atoms with Crippen LogP contribution in [0.15, 0.2) is 63.8 Å². The number of unbranched alkanes of at least 4 members (excludes halogenated alkanes) is 1. The molecule has 2 aromatic rings. The second-order valence-electron chi connectivity index (χ2n) is 6.30. The normalized spacial score (nSPS) is 15.4. The number of benzene rings is 2. The molecular formula is C21H21BrClN3O. The van der Waals surface area contributed by atoms with Gasteiger partial charge in [0.1, 0.15) is 5.70 Å². The Kier molecular flexibility index (Phi) is 6.34. The number of amides is 1. The molecule has 0 atom stereocenters. The summed E-state index contributed by atoms with van der Waals surface area (Å²) in [7, 11) is 1.76. The number of anilines is 1. The molecule has 1 aliphatic heterocycles. The van der Waals surface area contributed by atoms with Gasteiger partial charge in [-0.15, -0.1) is 0 Å². The summed E-state index contributed by atoms with van der Waals surface area (Å²) >= 11 is 9.98. The van der Waals surface area contributed by atoms with Crippen LogP contribution in [0.25, 0.3) is 0 Å². The van der Waals surface area contributed by atoms with Gasteiger partial charge in [0.15, 0.2) is 0 Å². The lowest BCUT2D eigenvalue weighted by atomic mass is 10.0. The van der Waals surface area contributed by atoms with Gasteiger partial charge in [0.05, 0.1) is 11.4 Å². The topological polar surface area (TPSA) is 44.7 Å². The lowest BCUT2D eigenvalue weighted by Gasteiger charge is -2.18. The minimum atomic E-state index is -0.162. The van der Waals surface area contributed by atoms with Gasteiger partial charge >= 0.3 is 0 Å². The monoisotopic (exact) mass is 445 g/mol. The van der Waals surface area contributed by atoms with Crippen molar-refractivity contribution in [2.24, 2.45) is 4.99 Å². The average molecular weight is 447 g/mol. The number of hydrogen-bond donors (Lipinski definition) is 1. The molecule has 0 bridgehead atoms. The lowest BCUT2D eigenvalue weighted by molar-refractivity contribution is -0.114. The van der Waals surface area contributed by atoms with E-state index in [1.807, 2.05) is 42.5 Å². The van der Waals surface area contributed by atoms with E-state index in [0.29, 0.717) is 16.4 Å². The Morgan fingerprint density at radius 2 is 2.00 bits per heavy atom. The maximum absolute atomic E-state index is 13.0. The molecule has 0 radical (unpaired) electrons. The van der Waals surface area contributed by atoms with Crippen LogP contribution in [0.4, 0.5) is 5.69 Å². The largest absolute Gasteiger partial charge is 0.389 e. The molecule has 0 aliphatic carbocycles. The molecule has 2 aromatic carbocycles. The number of halogens is 2.